The van der Waals surface area contributed by atoms with Crippen molar-refractivity contribution in [2.24, 2.45) is 0 Å². The Labute approximate surface area is 163 Å². The minimum Gasteiger partial charge on any atom is -0.493 e. The van der Waals surface area contributed by atoms with Gasteiger partial charge in [0.25, 0.3) is 11.8 Å². The zero-order valence-electron chi connectivity index (χ0n) is 15.5. The monoisotopic (exact) mass is 387 g/mol. The van der Waals surface area contributed by atoms with Gasteiger partial charge < -0.3 is 15.0 Å². The topological polar surface area (TPSA) is 61.9 Å². The van der Waals surface area contributed by atoms with E-state index in [0.29, 0.717) is 24.5 Å². The highest BCUT2D eigenvalue weighted by molar-refractivity contribution is 7.08. The van der Waals surface area contributed by atoms with Gasteiger partial charge in [0.1, 0.15) is 5.75 Å². The van der Waals surface area contributed by atoms with Crippen LogP contribution in [0.2, 0.25) is 0 Å². The molecule has 0 bridgehead atoms. The fourth-order valence-corrected chi connectivity index (χ4v) is 3.73. The Morgan fingerprint density at radius 2 is 1.93 bits per heavy atom. The van der Waals surface area contributed by atoms with Crippen molar-refractivity contribution in [2.75, 3.05) is 45.9 Å². The molecule has 1 N–H and O–H groups in total. The maximum absolute atomic E-state index is 12.4. The van der Waals surface area contributed by atoms with Crippen molar-refractivity contribution in [3.8, 4) is 5.75 Å². The van der Waals surface area contributed by atoms with Crippen LogP contribution in [0.15, 0.2) is 41.1 Å². The molecule has 27 heavy (non-hydrogen) atoms. The molecule has 1 aliphatic heterocycles. The smallest absolute Gasteiger partial charge is 0.255 e. The van der Waals surface area contributed by atoms with Crippen LogP contribution < -0.4 is 10.1 Å². The highest BCUT2D eigenvalue weighted by atomic mass is 32.1. The maximum atomic E-state index is 12.4. The molecule has 0 radical (unpaired) electrons. The van der Waals surface area contributed by atoms with Gasteiger partial charge in [-0.3, -0.25) is 14.5 Å². The van der Waals surface area contributed by atoms with Crippen LogP contribution in [0.4, 0.5) is 0 Å². The lowest BCUT2D eigenvalue weighted by Gasteiger charge is -2.34. The molecule has 3 rings (SSSR count). The molecule has 2 aromatic rings. The van der Waals surface area contributed by atoms with Gasteiger partial charge in [-0.25, -0.2) is 0 Å². The predicted molar refractivity (Wildman–Crippen MR) is 107 cm³/mol. The number of piperazine rings is 1. The van der Waals surface area contributed by atoms with Crippen molar-refractivity contribution in [3.63, 3.8) is 0 Å². The molecule has 1 aliphatic rings. The number of hydrogen-bond acceptors (Lipinski definition) is 5. The highest BCUT2D eigenvalue weighted by Crippen LogP contribution is 2.17. The summed E-state index contributed by atoms with van der Waals surface area (Å²) in [5.74, 6) is 0.597. The first kappa shape index (κ1) is 19.4. The van der Waals surface area contributed by atoms with Crippen LogP contribution in [0.5, 0.6) is 5.75 Å². The number of para-hydroxylation sites is 1. The summed E-state index contributed by atoms with van der Waals surface area (Å²) in [7, 11) is 0. The first-order valence-electron chi connectivity index (χ1n) is 9.23. The Kier molecular flexibility index (Phi) is 6.84. The standard InChI is InChI=1S/C20H25N3O3S/c1-2-26-18-6-4-3-5-17(18)19(24)21-8-9-22-10-12-23(13-11-22)20(25)16-7-14-27-15-16/h3-7,14-15H,2,8-13H2,1H3,(H,21,24). The minimum atomic E-state index is -0.120. The van der Waals surface area contributed by atoms with Crippen LogP contribution >= 0.6 is 11.3 Å². The average Bonchev–Trinajstić information content (AvgIpc) is 3.23. The van der Waals surface area contributed by atoms with E-state index in [1.165, 1.54) is 0 Å². The second kappa shape index (κ2) is 9.53. The first-order valence-corrected chi connectivity index (χ1v) is 10.2. The van der Waals surface area contributed by atoms with E-state index in [1.807, 2.05) is 46.8 Å². The number of thiophene rings is 1. The summed E-state index contributed by atoms with van der Waals surface area (Å²) in [4.78, 5) is 28.9. The van der Waals surface area contributed by atoms with Gasteiger partial charge in [0.15, 0.2) is 0 Å². The van der Waals surface area contributed by atoms with Gasteiger partial charge in [-0.2, -0.15) is 11.3 Å². The van der Waals surface area contributed by atoms with Gasteiger partial charge >= 0.3 is 0 Å². The Morgan fingerprint density at radius 1 is 1.15 bits per heavy atom. The fourth-order valence-electron chi connectivity index (χ4n) is 3.10. The molecule has 6 nitrogen and oxygen atoms in total. The summed E-state index contributed by atoms with van der Waals surface area (Å²) in [6.45, 7) is 6.84. The van der Waals surface area contributed by atoms with Gasteiger partial charge in [-0.1, -0.05) is 12.1 Å². The molecule has 1 fully saturated rings. The van der Waals surface area contributed by atoms with Crippen LogP contribution in [0.25, 0.3) is 0 Å². The van der Waals surface area contributed by atoms with Gasteiger partial charge in [-0.05, 0) is 30.5 Å². The molecule has 2 heterocycles. The van der Waals surface area contributed by atoms with E-state index in [2.05, 4.69) is 10.2 Å². The zero-order chi connectivity index (χ0) is 19.1. The molecular weight excluding hydrogens is 362 g/mol. The van der Waals surface area contributed by atoms with Crippen molar-refractivity contribution in [1.82, 2.24) is 15.1 Å². The summed E-state index contributed by atoms with van der Waals surface area (Å²) in [5, 5.41) is 6.78. The number of nitrogens with one attached hydrogen (secondary N) is 1. The number of ether oxygens (including phenoxy) is 1. The van der Waals surface area contributed by atoms with E-state index < -0.39 is 0 Å². The van der Waals surface area contributed by atoms with Crippen LogP contribution in [0, 0.1) is 0 Å². The van der Waals surface area contributed by atoms with Crippen molar-refractivity contribution in [1.29, 1.82) is 0 Å². The molecule has 0 spiro atoms. The van der Waals surface area contributed by atoms with E-state index in [0.717, 1.165) is 38.3 Å². The minimum absolute atomic E-state index is 0.108. The number of hydrogen-bond donors (Lipinski definition) is 1. The van der Waals surface area contributed by atoms with E-state index in [-0.39, 0.29) is 11.8 Å². The Balaban J connectivity index is 1.42. The lowest BCUT2D eigenvalue weighted by molar-refractivity contribution is 0.0638. The molecule has 1 aromatic carbocycles. The fraction of sp³-hybridized carbons (Fsp3) is 0.400. The van der Waals surface area contributed by atoms with E-state index in [4.69, 9.17) is 4.74 Å². The van der Waals surface area contributed by atoms with Crippen molar-refractivity contribution < 1.29 is 14.3 Å². The summed E-state index contributed by atoms with van der Waals surface area (Å²) < 4.78 is 5.51. The quantitative estimate of drug-likeness (QED) is 0.792. The largest absolute Gasteiger partial charge is 0.493 e. The molecule has 1 aromatic heterocycles. The summed E-state index contributed by atoms with van der Waals surface area (Å²) >= 11 is 1.54. The molecule has 0 aliphatic carbocycles. The van der Waals surface area contributed by atoms with E-state index in [1.54, 1.807) is 17.4 Å². The van der Waals surface area contributed by atoms with Crippen LogP contribution in [-0.2, 0) is 0 Å². The van der Waals surface area contributed by atoms with Crippen molar-refractivity contribution >= 4 is 23.2 Å². The number of nitrogens with zero attached hydrogens (tertiary/aromatic N) is 2. The van der Waals surface area contributed by atoms with Gasteiger partial charge in [0, 0.05) is 44.6 Å². The molecule has 1 saturated heterocycles. The normalized spacial score (nSPS) is 14.8. The summed E-state index contributed by atoms with van der Waals surface area (Å²) in [6, 6.07) is 9.14. The molecular formula is C20H25N3O3S. The lowest BCUT2D eigenvalue weighted by Crippen LogP contribution is -2.50. The van der Waals surface area contributed by atoms with Gasteiger partial charge in [0.05, 0.1) is 17.7 Å². The predicted octanol–water partition coefficient (Wildman–Crippen LogP) is 2.33. The third-order valence-electron chi connectivity index (χ3n) is 4.57. The van der Waals surface area contributed by atoms with Gasteiger partial charge in [0.2, 0.25) is 0 Å². The van der Waals surface area contributed by atoms with Gasteiger partial charge in [-0.15, -0.1) is 0 Å². The Morgan fingerprint density at radius 3 is 2.63 bits per heavy atom. The number of carbonyl (C=O) groups is 2. The molecule has 0 saturated carbocycles. The number of benzene rings is 1. The maximum Gasteiger partial charge on any atom is 0.255 e. The summed E-state index contributed by atoms with van der Waals surface area (Å²) in [5.41, 5.74) is 1.33. The zero-order valence-corrected chi connectivity index (χ0v) is 16.3. The molecule has 144 valence electrons. The van der Waals surface area contributed by atoms with Crippen molar-refractivity contribution in [3.05, 3.63) is 52.2 Å². The first-order chi connectivity index (χ1) is 13.2. The van der Waals surface area contributed by atoms with E-state index >= 15 is 0 Å². The molecule has 2 amide bonds. The summed E-state index contributed by atoms with van der Waals surface area (Å²) in [6.07, 6.45) is 0. The third kappa shape index (κ3) is 5.08. The number of rotatable bonds is 7. The van der Waals surface area contributed by atoms with Crippen LogP contribution in [0.3, 0.4) is 0 Å². The highest BCUT2D eigenvalue weighted by Gasteiger charge is 2.22. The molecule has 0 unspecified atom stereocenters. The Hall–Kier alpha value is -2.38. The second-order valence-corrected chi connectivity index (χ2v) is 7.11. The van der Waals surface area contributed by atoms with Crippen LogP contribution in [-0.4, -0.2) is 67.5 Å². The molecule has 7 heteroatoms. The van der Waals surface area contributed by atoms with E-state index in [9.17, 15) is 9.59 Å². The number of amides is 2. The number of carbonyl (C=O) groups excluding carboxylic acids is 2. The Bertz CT molecular complexity index is 756. The SMILES string of the molecule is CCOc1ccccc1C(=O)NCCN1CCN(C(=O)c2ccsc2)CC1. The lowest BCUT2D eigenvalue weighted by atomic mass is 10.2. The average molecular weight is 388 g/mol. The molecule has 0 atom stereocenters. The van der Waals surface area contributed by atoms with Crippen molar-refractivity contribution in [2.45, 2.75) is 6.92 Å². The second-order valence-electron chi connectivity index (χ2n) is 6.33. The van der Waals surface area contributed by atoms with Crippen LogP contribution in [0.1, 0.15) is 27.6 Å². The third-order valence-corrected chi connectivity index (χ3v) is 5.26.